The minimum atomic E-state index is -0.144. The number of amides is 2. The predicted molar refractivity (Wildman–Crippen MR) is 87.7 cm³/mol. The Kier molecular flexibility index (Phi) is 5.38. The van der Waals surface area contributed by atoms with Gasteiger partial charge >= 0.3 is 6.03 Å². The molecule has 0 bridgehead atoms. The molecular formula is C18H22N2O. The monoisotopic (exact) mass is 282 g/mol. The van der Waals surface area contributed by atoms with Crippen molar-refractivity contribution in [3.05, 3.63) is 65.2 Å². The molecule has 0 aliphatic rings. The summed E-state index contributed by atoms with van der Waals surface area (Å²) in [7, 11) is 0. The van der Waals surface area contributed by atoms with Gasteiger partial charge in [-0.05, 0) is 43.9 Å². The summed E-state index contributed by atoms with van der Waals surface area (Å²) >= 11 is 0. The summed E-state index contributed by atoms with van der Waals surface area (Å²) in [5.41, 5.74) is 4.44. The van der Waals surface area contributed by atoms with Crippen LogP contribution in [0, 0.1) is 13.8 Å². The lowest BCUT2D eigenvalue weighted by atomic mass is 10.1. The van der Waals surface area contributed by atoms with E-state index in [0.29, 0.717) is 6.54 Å². The maximum absolute atomic E-state index is 11.8. The molecule has 0 atom stereocenters. The molecule has 0 spiro atoms. The number of carbonyl (C=O) groups excluding carboxylic acids is 1. The van der Waals surface area contributed by atoms with Gasteiger partial charge in [-0.3, -0.25) is 0 Å². The quantitative estimate of drug-likeness (QED) is 0.798. The van der Waals surface area contributed by atoms with Gasteiger partial charge in [0, 0.05) is 12.2 Å². The third kappa shape index (κ3) is 4.95. The second-order valence-electron chi connectivity index (χ2n) is 5.29. The first kappa shape index (κ1) is 15.1. The van der Waals surface area contributed by atoms with Gasteiger partial charge in [0.2, 0.25) is 0 Å². The molecule has 0 fully saturated rings. The zero-order chi connectivity index (χ0) is 15.1. The third-order valence-electron chi connectivity index (χ3n) is 3.40. The molecule has 0 aliphatic heterocycles. The van der Waals surface area contributed by atoms with Crippen LogP contribution in [-0.4, -0.2) is 12.6 Å². The molecule has 0 saturated heterocycles. The van der Waals surface area contributed by atoms with Crippen LogP contribution in [0.3, 0.4) is 0 Å². The third-order valence-corrected chi connectivity index (χ3v) is 3.40. The topological polar surface area (TPSA) is 41.1 Å². The molecule has 2 aromatic rings. The molecule has 0 aliphatic carbocycles. The highest BCUT2D eigenvalue weighted by molar-refractivity contribution is 5.90. The molecule has 3 nitrogen and oxygen atoms in total. The second-order valence-corrected chi connectivity index (χ2v) is 5.29. The summed E-state index contributed by atoms with van der Waals surface area (Å²) in [4.78, 5) is 11.8. The van der Waals surface area contributed by atoms with Crippen LogP contribution >= 0.6 is 0 Å². The smallest absolute Gasteiger partial charge is 0.319 e. The van der Waals surface area contributed by atoms with Gasteiger partial charge in [-0.25, -0.2) is 4.79 Å². The molecule has 3 heteroatoms. The largest absolute Gasteiger partial charge is 0.338 e. The fraction of sp³-hybridized carbons (Fsp3) is 0.278. The van der Waals surface area contributed by atoms with E-state index in [2.05, 4.69) is 28.8 Å². The van der Waals surface area contributed by atoms with Gasteiger partial charge in [0.05, 0.1) is 0 Å². The van der Waals surface area contributed by atoms with Crippen LogP contribution in [0.15, 0.2) is 48.5 Å². The average molecular weight is 282 g/mol. The Labute approximate surface area is 126 Å². The lowest BCUT2D eigenvalue weighted by Gasteiger charge is -2.10. The molecule has 2 aromatic carbocycles. The molecule has 2 rings (SSSR count). The Morgan fingerprint density at radius 3 is 2.52 bits per heavy atom. The standard InChI is InChI=1S/C18H22N2O/c1-14-10-11-17(15(2)13-14)20-18(21)19-12-6-9-16-7-4-3-5-8-16/h3-5,7-8,10-11,13H,6,9,12H2,1-2H3,(H2,19,20,21). The van der Waals surface area contributed by atoms with Gasteiger partial charge in [-0.15, -0.1) is 0 Å². The Hall–Kier alpha value is -2.29. The number of hydrogen-bond acceptors (Lipinski definition) is 1. The van der Waals surface area contributed by atoms with Gasteiger partial charge in [0.25, 0.3) is 0 Å². The van der Waals surface area contributed by atoms with Crippen LogP contribution in [0.1, 0.15) is 23.1 Å². The van der Waals surface area contributed by atoms with E-state index in [1.807, 2.05) is 44.2 Å². The van der Waals surface area contributed by atoms with E-state index in [0.717, 1.165) is 24.1 Å². The van der Waals surface area contributed by atoms with E-state index < -0.39 is 0 Å². The van der Waals surface area contributed by atoms with E-state index in [4.69, 9.17) is 0 Å². The molecule has 0 radical (unpaired) electrons. The summed E-state index contributed by atoms with van der Waals surface area (Å²) in [5.74, 6) is 0. The van der Waals surface area contributed by atoms with E-state index >= 15 is 0 Å². The van der Waals surface area contributed by atoms with Crippen LogP contribution in [0.2, 0.25) is 0 Å². The summed E-state index contributed by atoms with van der Waals surface area (Å²) in [6, 6.07) is 16.2. The molecule has 21 heavy (non-hydrogen) atoms. The van der Waals surface area contributed by atoms with Gasteiger partial charge in [0.1, 0.15) is 0 Å². The number of carbonyl (C=O) groups is 1. The van der Waals surface area contributed by atoms with Crippen LogP contribution < -0.4 is 10.6 Å². The van der Waals surface area contributed by atoms with Crippen LogP contribution in [0.5, 0.6) is 0 Å². The first-order valence-electron chi connectivity index (χ1n) is 7.31. The molecule has 2 N–H and O–H groups in total. The number of hydrogen-bond donors (Lipinski definition) is 2. The SMILES string of the molecule is Cc1ccc(NC(=O)NCCCc2ccccc2)c(C)c1. The van der Waals surface area contributed by atoms with Crippen molar-refractivity contribution in [1.29, 1.82) is 0 Å². The fourth-order valence-electron chi connectivity index (χ4n) is 2.26. The van der Waals surface area contributed by atoms with E-state index in [-0.39, 0.29) is 6.03 Å². The summed E-state index contributed by atoms with van der Waals surface area (Å²) in [5, 5.41) is 5.78. The number of aryl methyl sites for hydroxylation is 3. The van der Waals surface area contributed by atoms with Gasteiger partial charge in [-0.1, -0.05) is 48.0 Å². The maximum Gasteiger partial charge on any atom is 0.319 e. The highest BCUT2D eigenvalue weighted by Gasteiger charge is 2.03. The Morgan fingerprint density at radius 1 is 1.05 bits per heavy atom. The normalized spacial score (nSPS) is 10.2. The van der Waals surface area contributed by atoms with Crippen molar-refractivity contribution >= 4 is 11.7 Å². The molecule has 0 heterocycles. The zero-order valence-corrected chi connectivity index (χ0v) is 12.6. The Bertz CT molecular complexity index is 593. The first-order valence-corrected chi connectivity index (χ1v) is 7.31. The minimum Gasteiger partial charge on any atom is -0.338 e. The zero-order valence-electron chi connectivity index (χ0n) is 12.6. The number of anilines is 1. The van der Waals surface area contributed by atoms with Crippen LogP contribution in [0.4, 0.5) is 10.5 Å². The molecule has 110 valence electrons. The molecule has 0 saturated carbocycles. The summed E-state index contributed by atoms with van der Waals surface area (Å²) in [6.45, 7) is 4.71. The highest BCUT2D eigenvalue weighted by atomic mass is 16.2. The van der Waals surface area contributed by atoms with Crippen LogP contribution in [0.25, 0.3) is 0 Å². The van der Waals surface area contributed by atoms with Gasteiger partial charge in [-0.2, -0.15) is 0 Å². The molecule has 0 unspecified atom stereocenters. The molecular weight excluding hydrogens is 260 g/mol. The van der Waals surface area contributed by atoms with Crippen molar-refractivity contribution < 1.29 is 4.79 Å². The summed E-state index contributed by atoms with van der Waals surface area (Å²) < 4.78 is 0. The summed E-state index contributed by atoms with van der Waals surface area (Å²) in [6.07, 6.45) is 1.91. The van der Waals surface area contributed by atoms with E-state index in [1.165, 1.54) is 11.1 Å². The number of urea groups is 1. The van der Waals surface area contributed by atoms with E-state index in [9.17, 15) is 4.79 Å². The lowest BCUT2D eigenvalue weighted by Crippen LogP contribution is -2.30. The van der Waals surface area contributed by atoms with Crippen LogP contribution in [-0.2, 0) is 6.42 Å². The number of nitrogens with one attached hydrogen (secondary N) is 2. The van der Waals surface area contributed by atoms with Crippen molar-refractivity contribution in [3.8, 4) is 0 Å². The van der Waals surface area contributed by atoms with Crippen molar-refractivity contribution in [3.63, 3.8) is 0 Å². The maximum atomic E-state index is 11.8. The second kappa shape index (κ2) is 7.48. The van der Waals surface area contributed by atoms with Gasteiger partial charge < -0.3 is 10.6 Å². The van der Waals surface area contributed by atoms with Crippen molar-refractivity contribution in [2.75, 3.05) is 11.9 Å². The molecule has 2 amide bonds. The number of rotatable bonds is 5. The Morgan fingerprint density at radius 2 is 1.81 bits per heavy atom. The van der Waals surface area contributed by atoms with Crippen molar-refractivity contribution in [2.45, 2.75) is 26.7 Å². The lowest BCUT2D eigenvalue weighted by molar-refractivity contribution is 0.252. The fourth-order valence-corrected chi connectivity index (χ4v) is 2.26. The predicted octanol–water partition coefficient (Wildman–Crippen LogP) is 4.06. The average Bonchev–Trinajstić information content (AvgIpc) is 2.48. The number of benzene rings is 2. The Balaban J connectivity index is 1.72. The molecule has 0 aromatic heterocycles. The van der Waals surface area contributed by atoms with Crippen molar-refractivity contribution in [2.24, 2.45) is 0 Å². The van der Waals surface area contributed by atoms with Crippen molar-refractivity contribution in [1.82, 2.24) is 5.32 Å². The van der Waals surface area contributed by atoms with E-state index in [1.54, 1.807) is 0 Å². The highest BCUT2D eigenvalue weighted by Crippen LogP contribution is 2.15. The van der Waals surface area contributed by atoms with Gasteiger partial charge in [0.15, 0.2) is 0 Å². The first-order chi connectivity index (χ1) is 10.1. The minimum absolute atomic E-state index is 0.144.